The molecule has 1 fully saturated rings. The highest BCUT2D eigenvalue weighted by Crippen LogP contribution is 2.23. The summed E-state index contributed by atoms with van der Waals surface area (Å²) in [5.74, 6) is 0. The zero-order chi connectivity index (χ0) is 13.2. The van der Waals surface area contributed by atoms with E-state index in [1.165, 1.54) is 11.4 Å². The summed E-state index contributed by atoms with van der Waals surface area (Å²) in [4.78, 5) is 2.38. The molecule has 19 heavy (non-hydrogen) atoms. The number of nitrogens with zero attached hydrogens (tertiary/aromatic N) is 3. The first kappa shape index (κ1) is 12.5. The molecule has 1 aliphatic rings. The Morgan fingerprint density at radius 2 is 1.84 bits per heavy atom. The summed E-state index contributed by atoms with van der Waals surface area (Å²) >= 11 is 5.92. The van der Waals surface area contributed by atoms with E-state index in [2.05, 4.69) is 22.2 Å². The SMILES string of the molecule is Cc1c(N2CCNCC2)cnn1-c1ccc(Cl)cc1. The lowest BCUT2D eigenvalue weighted by atomic mass is 10.2. The van der Waals surface area contributed by atoms with Gasteiger partial charge in [0.05, 0.1) is 23.3 Å². The summed E-state index contributed by atoms with van der Waals surface area (Å²) in [7, 11) is 0. The van der Waals surface area contributed by atoms with Gasteiger partial charge in [-0.1, -0.05) is 11.6 Å². The van der Waals surface area contributed by atoms with Crippen LogP contribution in [0.3, 0.4) is 0 Å². The molecule has 3 rings (SSSR count). The molecule has 1 aromatic carbocycles. The van der Waals surface area contributed by atoms with Gasteiger partial charge in [-0.25, -0.2) is 4.68 Å². The summed E-state index contributed by atoms with van der Waals surface area (Å²) in [5, 5.41) is 8.61. The van der Waals surface area contributed by atoms with Crippen LogP contribution in [-0.2, 0) is 0 Å². The number of rotatable bonds is 2. The fourth-order valence-electron chi connectivity index (χ4n) is 2.46. The number of hydrogen-bond acceptors (Lipinski definition) is 3. The summed E-state index contributed by atoms with van der Waals surface area (Å²) < 4.78 is 1.97. The number of anilines is 1. The van der Waals surface area contributed by atoms with Gasteiger partial charge in [-0.05, 0) is 31.2 Å². The molecule has 2 heterocycles. The van der Waals surface area contributed by atoms with Crippen molar-refractivity contribution in [2.45, 2.75) is 6.92 Å². The van der Waals surface area contributed by atoms with Crippen molar-refractivity contribution in [3.8, 4) is 5.69 Å². The van der Waals surface area contributed by atoms with E-state index in [1.54, 1.807) is 0 Å². The number of halogens is 1. The molecule has 0 amide bonds. The molecule has 0 saturated carbocycles. The van der Waals surface area contributed by atoms with Crippen LogP contribution < -0.4 is 10.2 Å². The zero-order valence-corrected chi connectivity index (χ0v) is 11.7. The number of nitrogens with one attached hydrogen (secondary N) is 1. The molecule has 4 nitrogen and oxygen atoms in total. The molecule has 5 heteroatoms. The molecular formula is C14H17ClN4. The van der Waals surface area contributed by atoms with Crippen molar-refractivity contribution >= 4 is 17.3 Å². The Kier molecular flexibility index (Phi) is 3.44. The molecule has 0 radical (unpaired) electrons. The third-order valence-corrected chi connectivity index (χ3v) is 3.76. The van der Waals surface area contributed by atoms with Crippen LogP contribution in [0.4, 0.5) is 5.69 Å². The van der Waals surface area contributed by atoms with Crippen LogP contribution in [0.5, 0.6) is 0 Å². The van der Waals surface area contributed by atoms with Crippen LogP contribution in [0, 0.1) is 6.92 Å². The van der Waals surface area contributed by atoms with Crippen LogP contribution >= 0.6 is 11.6 Å². The van der Waals surface area contributed by atoms with E-state index in [0.717, 1.165) is 36.9 Å². The second kappa shape index (κ2) is 5.23. The normalized spacial score (nSPS) is 15.8. The Hall–Kier alpha value is -1.52. The highest BCUT2D eigenvalue weighted by Gasteiger charge is 2.16. The van der Waals surface area contributed by atoms with Gasteiger partial charge in [-0.15, -0.1) is 0 Å². The lowest BCUT2D eigenvalue weighted by Gasteiger charge is -2.28. The van der Waals surface area contributed by atoms with Gasteiger partial charge in [0.1, 0.15) is 0 Å². The van der Waals surface area contributed by atoms with E-state index in [-0.39, 0.29) is 0 Å². The largest absolute Gasteiger partial charge is 0.366 e. The van der Waals surface area contributed by atoms with Crippen molar-refractivity contribution in [1.82, 2.24) is 15.1 Å². The van der Waals surface area contributed by atoms with Crippen molar-refractivity contribution in [2.75, 3.05) is 31.1 Å². The first-order chi connectivity index (χ1) is 9.25. The summed E-state index contributed by atoms with van der Waals surface area (Å²) in [6.45, 7) is 6.25. The van der Waals surface area contributed by atoms with E-state index < -0.39 is 0 Å². The standard InChI is InChI=1S/C14H17ClN4/c1-11-14(18-8-6-16-7-9-18)10-17-19(11)13-4-2-12(15)3-5-13/h2-5,10,16H,6-9H2,1H3. The first-order valence-electron chi connectivity index (χ1n) is 6.52. The molecule has 1 saturated heterocycles. The fourth-order valence-corrected chi connectivity index (χ4v) is 2.59. The minimum atomic E-state index is 0.746. The van der Waals surface area contributed by atoms with Gasteiger partial charge in [-0.3, -0.25) is 0 Å². The number of hydrogen-bond donors (Lipinski definition) is 1. The maximum Gasteiger partial charge on any atom is 0.0787 e. The van der Waals surface area contributed by atoms with E-state index in [0.29, 0.717) is 0 Å². The molecule has 0 atom stereocenters. The van der Waals surface area contributed by atoms with E-state index in [9.17, 15) is 0 Å². The molecule has 1 aromatic heterocycles. The Bertz CT molecular complexity index is 555. The molecular weight excluding hydrogens is 260 g/mol. The lowest BCUT2D eigenvalue weighted by molar-refractivity contribution is 0.588. The van der Waals surface area contributed by atoms with Gasteiger partial charge in [0.15, 0.2) is 0 Å². The maximum absolute atomic E-state index is 5.92. The van der Waals surface area contributed by atoms with Gasteiger partial charge >= 0.3 is 0 Å². The molecule has 1 N–H and O–H groups in total. The number of aromatic nitrogens is 2. The zero-order valence-electron chi connectivity index (χ0n) is 10.9. The van der Waals surface area contributed by atoms with Crippen LogP contribution in [0.1, 0.15) is 5.69 Å². The quantitative estimate of drug-likeness (QED) is 0.913. The third kappa shape index (κ3) is 2.46. The monoisotopic (exact) mass is 276 g/mol. The van der Waals surface area contributed by atoms with Gasteiger partial charge in [-0.2, -0.15) is 5.10 Å². The van der Waals surface area contributed by atoms with Crippen molar-refractivity contribution in [3.05, 3.63) is 41.2 Å². The highest BCUT2D eigenvalue weighted by atomic mass is 35.5. The second-order valence-corrected chi connectivity index (χ2v) is 5.18. The molecule has 0 unspecified atom stereocenters. The number of benzene rings is 1. The first-order valence-corrected chi connectivity index (χ1v) is 6.90. The molecule has 0 aliphatic carbocycles. The van der Waals surface area contributed by atoms with E-state index >= 15 is 0 Å². The summed E-state index contributed by atoms with van der Waals surface area (Å²) in [5.41, 5.74) is 3.43. The minimum Gasteiger partial charge on any atom is -0.366 e. The van der Waals surface area contributed by atoms with E-state index in [4.69, 9.17) is 11.6 Å². The van der Waals surface area contributed by atoms with Gasteiger partial charge < -0.3 is 10.2 Å². The smallest absolute Gasteiger partial charge is 0.0787 e. The van der Waals surface area contributed by atoms with Crippen LogP contribution in [0.25, 0.3) is 5.69 Å². The van der Waals surface area contributed by atoms with Crippen molar-refractivity contribution in [2.24, 2.45) is 0 Å². The predicted octanol–water partition coefficient (Wildman–Crippen LogP) is 2.24. The maximum atomic E-state index is 5.92. The van der Waals surface area contributed by atoms with Crippen LogP contribution in [0.2, 0.25) is 5.02 Å². The molecule has 2 aromatic rings. The average Bonchev–Trinajstić information content (AvgIpc) is 2.83. The van der Waals surface area contributed by atoms with Crippen molar-refractivity contribution in [3.63, 3.8) is 0 Å². The predicted molar refractivity (Wildman–Crippen MR) is 78.4 cm³/mol. The molecule has 100 valence electrons. The van der Waals surface area contributed by atoms with Crippen LogP contribution in [-0.4, -0.2) is 36.0 Å². The second-order valence-electron chi connectivity index (χ2n) is 4.74. The van der Waals surface area contributed by atoms with Crippen LogP contribution in [0.15, 0.2) is 30.5 Å². The Balaban J connectivity index is 1.91. The van der Waals surface area contributed by atoms with Gasteiger partial charge in [0.2, 0.25) is 0 Å². The molecule has 0 bridgehead atoms. The Labute approximate surface area is 118 Å². The molecule has 0 spiro atoms. The fraction of sp³-hybridized carbons (Fsp3) is 0.357. The topological polar surface area (TPSA) is 33.1 Å². The summed E-state index contributed by atoms with van der Waals surface area (Å²) in [6.07, 6.45) is 1.95. The number of piperazine rings is 1. The Morgan fingerprint density at radius 1 is 1.16 bits per heavy atom. The lowest BCUT2D eigenvalue weighted by Crippen LogP contribution is -2.43. The van der Waals surface area contributed by atoms with Gasteiger partial charge in [0.25, 0.3) is 0 Å². The Morgan fingerprint density at radius 3 is 2.53 bits per heavy atom. The van der Waals surface area contributed by atoms with Crippen molar-refractivity contribution in [1.29, 1.82) is 0 Å². The summed E-state index contributed by atoms with van der Waals surface area (Å²) in [6, 6.07) is 7.76. The van der Waals surface area contributed by atoms with E-state index in [1.807, 2.05) is 35.1 Å². The highest BCUT2D eigenvalue weighted by molar-refractivity contribution is 6.30. The average molecular weight is 277 g/mol. The third-order valence-electron chi connectivity index (χ3n) is 3.51. The molecule has 1 aliphatic heterocycles. The van der Waals surface area contributed by atoms with Crippen molar-refractivity contribution < 1.29 is 0 Å². The van der Waals surface area contributed by atoms with Gasteiger partial charge in [0, 0.05) is 31.2 Å². The minimum absolute atomic E-state index is 0.746.